The molecule has 0 radical (unpaired) electrons. The molecule has 24 nitrogen and oxygen atoms in total. The summed E-state index contributed by atoms with van der Waals surface area (Å²) in [5.74, 6) is -4.04. The number of amides is 11. The van der Waals surface area contributed by atoms with Crippen LogP contribution in [0.3, 0.4) is 0 Å². The number of ether oxygens (including phenoxy) is 2. The first-order valence-corrected chi connectivity index (χ1v) is 33.4. The van der Waals surface area contributed by atoms with E-state index >= 15 is 0 Å². The Morgan fingerprint density at radius 3 is 2.12 bits per heavy atom. The van der Waals surface area contributed by atoms with Crippen molar-refractivity contribution in [2.75, 3.05) is 59.8 Å². The van der Waals surface area contributed by atoms with Gasteiger partial charge in [0.15, 0.2) is 0 Å². The molecule has 508 valence electrons. The van der Waals surface area contributed by atoms with Crippen LogP contribution < -0.4 is 37.6 Å². The highest BCUT2D eigenvalue weighted by molar-refractivity contribution is 7.09. The number of hydrogen-bond acceptors (Lipinski definition) is 15. The van der Waals surface area contributed by atoms with Gasteiger partial charge in [0.25, 0.3) is 0 Å². The second kappa shape index (κ2) is 37.4. The van der Waals surface area contributed by atoms with Gasteiger partial charge in [-0.2, -0.15) is 0 Å². The number of rotatable bonds is 38. The summed E-state index contributed by atoms with van der Waals surface area (Å²) in [5.41, 5.74) is 7.67. The molecule has 2 fully saturated rings. The maximum atomic E-state index is 14.5. The number of carbonyl (C=O) groups excluding carboxylic acids is 10. The third-order valence-corrected chi connectivity index (χ3v) is 18.7. The van der Waals surface area contributed by atoms with Crippen LogP contribution in [0.2, 0.25) is 0 Å². The van der Waals surface area contributed by atoms with E-state index in [-0.39, 0.29) is 103 Å². The van der Waals surface area contributed by atoms with Crippen molar-refractivity contribution >= 4 is 76.2 Å². The van der Waals surface area contributed by atoms with Gasteiger partial charge in [-0.3, -0.25) is 53.0 Å². The molecule has 1 aromatic heterocycles. The predicted octanol–water partition coefficient (Wildman–Crippen LogP) is 5.50. The topological polar surface area (TPSA) is 313 Å². The number of imide groups is 1. The first-order chi connectivity index (χ1) is 43.8. The summed E-state index contributed by atoms with van der Waals surface area (Å²) in [6, 6.07) is 11.5. The Morgan fingerprint density at radius 2 is 1.51 bits per heavy atom. The van der Waals surface area contributed by atoms with Crippen molar-refractivity contribution in [3.8, 4) is 0 Å². The van der Waals surface area contributed by atoms with E-state index in [1.165, 1.54) is 23.2 Å². The largest absolute Gasteiger partial charge is 0.379 e. The minimum atomic E-state index is -1.04. The fourth-order valence-electron chi connectivity index (χ4n) is 12.5. The van der Waals surface area contributed by atoms with Gasteiger partial charge in [0.1, 0.15) is 23.1 Å². The molecular formula is C67H102N12O12S. The number of nitrogens with zero attached hydrogens (tertiary/aromatic N) is 5. The van der Waals surface area contributed by atoms with E-state index in [9.17, 15) is 47.9 Å². The standard InChI is InChI=1S/C67H102N12O12S/c1-13-42(4)58(53(90-11)40-56(82)78-35-21-25-52(78)59(91-12)44(6)60(83)75-51(64-69-33-37-92-64)39-48-22-16-14-17-23-48)77(10)66(88)46(8)72-63(86)57(41(2)3)76(9)36-31-47-27-29-49(30-28-47)73-62(85)50(24-20-32-70-67(68)89)74-61(84)45(7)71-54(80)26-18-15-19-34-79-55(81)38-43(5)65(79)87/h14,16-17,22-23,27-30,33,37,41-46,50-53,57-59H,13,15,18-21,24-26,31-32,34-36,38-40H2,1-12H3,(H,71,80)(H,72,86)(H,73,85)(H,74,84)(H,75,83)(H3,68,70,89)/t42-,43?,44+,45-,46-,50-,51-,52-,53+,57-,58-,59+/m0/s1. The number of aromatic nitrogens is 1. The highest BCUT2D eigenvalue weighted by Crippen LogP contribution is 2.31. The minimum absolute atomic E-state index is 0.0263. The Kier molecular flexibility index (Phi) is 30.6. The average molecular weight is 1300 g/mol. The molecule has 5 rings (SSSR count). The number of carbonyl (C=O) groups is 10. The Balaban J connectivity index is 1.13. The molecule has 0 bridgehead atoms. The zero-order valence-electron chi connectivity index (χ0n) is 56.0. The van der Waals surface area contributed by atoms with E-state index in [0.29, 0.717) is 76.7 Å². The van der Waals surface area contributed by atoms with E-state index < -0.39 is 66.2 Å². The summed E-state index contributed by atoms with van der Waals surface area (Å²) in [6.07, 6.45) is 5.96. The Labute approximate surface area is 547 Å². The normalized spacial score (nSPS) is 18.2. The van der Waals surface area contributed by atoms with Gasteiger partial charge in [0.05, 0.1) is 48.7 Å². The lowest BCUT2D eigenvalue weighted by Crippen LogP contribution is -2.58. The van der Waals surface area contributed by atoms with Crippen LogP contribution in [0.1, 0.15) is 148 Å². The fourth-order valence-corrected chi connectivity index (χ4v) is 13.1. The Bertz CT molecular complexity index is 2900. The van der Waals surface area contributed by atoms with Crippen LogP contribution in [0.5, 0.6) is 0 Å². The van der Waals surface area contributed by atoms with Gasteiger partial charge in [0, 0.05) is 83.5 Å². The van der Waals surface area contributed by atoms with E-state index in [2.05, 4.69) is 36.9 Å². The van der Waals surface area contributed by atoms with Gasteiger partial charge >= 0.3 is 6.03 Å². The molecule has 11 amide bonds. The number of likely N-dealkylation sites (tertiary alicyclic amines) is 2. The van der Waals surface area contributed by atoms with Gasteiger partial charge in [-0.25, -0.2) is 9.78 Å². The zero-order valence-corrected chi connectivity index (χ0v) is 56.8. The van der Waals surface area contributed by atoms with Gasteiger partial charge < -0.3 is 56.9 Å². The van der Waals surface area contributed by atoms with Crippen LogP contribution in [0.25, 0.3) is 0 Å². The monoisotopic (exact) mass is 1300 g/mol. The first-order valence-electron chi connectivity index (χ1n) is 32.5. The molecule has 3 aromatic rings. The van der Waals surface area contributed by atoms with Crippen LogP contribution in [-0.2, 0) is 65.5 Å². The smallest absolute Gasteiger partial charge is 0.312 e. The number of urea groups is 1. The molecule has 1 unspecified atom stereocenters. The van der Waals surface area contributed by atoms with E-state index in [1.54, 1.807) is 63.2 Å². The van der Waals surface area contributed by atoms with Crippen molar-refractivity contribution in [3.63, 3.8) is 0 Å². The van der Waals surface area contributed by atoms with Gasteiger partial charge in [-0.15, -0.1) is 11.3 Å². The minimum Gasteiger partial charge on any atom is -0.379 e. The Morgan fingerprint density at radius 1 is 0.804 bits per heavy atom. The highest BCUT2D eigenvalue weighted by Gasteiger charge is 2.43. The molecule has 0 aliphatic carbocycles. The average Bonchev–Trinajstić information content (AvgIpc) is 1.51. The summed E-state index contributed by atoms with van der Waals surface area (Å²) in [4.78, 5) is 144. The van der Waals surface area contributed by atoms with Crippen molar-refractivity contribution < 1.29 is 57.4 Å². The number of hydrogen-bond donors (Lipinski definition) is 7. The third-order valence-electron chi connectivity index (χ3n) is 17.8. The van der Waals surface area contributed by atoms with Crippen LogP contribution >= 0.6 is 11.3 Å². The molecule has 2 aliphatic rings. The predicted molar refractivity (Wildman–Crippen MR) is 352 cm³/mol. The number of thiazole rings is 1. The zero-order chi connectivity index (χ0) is 67.8. The van der Waals surface area contributed by atoms with Crippen LogP contribution in [-0.4, -0.2) is 187 Å². The summed E-state index contributed by atoms with van der Waals surface area (Å²) in [6.45, 7) is 16.0. The maximum absolute atomic E-state index is 14.5. The van der Waals surface area contributed by atoms with Crippen molar-refractivity contribution in [2.24, 2.45) is 29.4 Å². The van der Waals surface area contributed by atoms with Crippen LogP contribution in [0, 0.1) is 23.7 Å². The number of anilines is 1. The molecule has 2 aliphatic heterocycles. The summed E-state index contributed by atoms with van der Waals surface area (Å²) in [5, 5.41) is 19.6. The molecule has 2 saturated heterocycles. The number of unbranched alkanes of at least 4 members (excludes halogenated alkanes) is 2. The lowest BCUT2D eigenvalue weighted by atomic mass is 9.90. The molecular weight excluding hydrogens is 1200 g/mol. The summed E-state index contributed by atoms with van der Waals surface area (Å²) in [7, 11) is 6.65. The molecule has 2 aromatic carbocycles. The number of benzene rings is 2. The van der Waals surface area contributed by atoms with Gasteiger partial charge in [0.2, 0.25) is 53.2 Å². The number of likely N-dealkylation sites (N-methyl/N-ethyl adjacent to an activating group) is 2. The van der Waals surface area contributed by atoms with Crippen LogP contribution in [0.15, 0.2) is 66.2 Å². The lowest BCUT2D eigenvalue weighted by molar-refractivity contribution is -0.147. The quantitative estimate of drug-likeness (QED) is 0.0275. The number of nitrogens with one attached hydrogen (secondary N) is 6. The van der Waals surface area contributed by atoms with E-state index in [4.69, 9.17) is 15.2 Å². The second-order valence-electron chi connectivity index (χ2n) is 25.1. The molecule has 0 saturated carbocycles. The fraction of sp³-hybridized carbons (Fsp3) is 0.627. The van der Waals surface area contributed by atoms with Crippen LogP contribution in [0.4, 0.5) is 10.5 Å². The van der Waals surface area contributed by atoms with E-state index in [0.717, 1.165) is 22.6 Å². The summed E-state index contributed by atoms with van der Waals surface area (Å²) >= 11 is 1.48. The first kappa shape index (κ1) is 75.4. The van der Waals surface area contributed by atoms with Crippen molar-refractivity contribution in [3.05, 3.63) is 82.3 Å². The molecule has 0 spiro atoms. The molecule has 25 heteroatoms. The van der Waals surface area contributed by atoms with E-state index in [1.807, 2.05) is 94.4 Å². The molecule has 3 heterocycles. The summed E-state index contributed by atoms with van der Waals surface area (Å²) < 4.78 is 12.2. The lowest BCUT2D eigenvalue weighted by Gasteiger charge is -2.40. The number of nitrogens with two attached hydrogens (primary N) is 1. The molecule has 12 atom stereocenters. The van der Waals surface area contributed by atoms with Crippen molar-refractivity contribution in [2.45, 2.75) is 193 Å². The maximum Gasteiger partial charge on any atom is 0.312 e. The van der Waals surface area contributed by atoms with Gasteiger partial charge in [-0.05, 0) is 107 Å². The van der Waals surface area contributed by atoms with Crippen molar-refractivity contribution in [1.29, 1.82) is 0 Å². The number of methoxy groups -OCH3 is 2. The second-order valence-corrected chi connectivity index (χ2v) is 26.1. The highest BCUT2D eigenvalue weighted by atomic mass is 32.1. The number of primary amides is 1. The van der Waals surface area contributed by atoms with Gasteiger partial charge in [-0.1, -0.05) is 96.8 Å². The Hall–Kier alpha value is -7.35. The SMILES string of the molecule is CC[C@H](C)[C@@H]([C@@H](CC(=O)N1CCC[C@H]1[C@H](OC)[C@@H](C)C(=O)N[C@@H](Cc1ccccc1)c1nccs1)OC)N(C)C(=O)[C@H](C)NC(=O)[C@H](C(C)C)N(C)CCc1ccc(NC(=O)[C@H](CCCNC(N)=O)NC(=O)[C@H](C)NC(=O)CCCCCN2C(=O)CC(C)C2=O)cc1. The van der Waals surface area contributed by atoms with Crippen molar-refractivity contribution in [1.82, 2.24) is 51.2 Å². The molecule has 92 heavy (non-hydrogen) atoms. The third kappa shape index (κ3) is 22.2. The molecule has 8 N–H and O–H groups in total.